The maximum absolute atomic E-state index is 11.6. The molecule has 3 nitrogen and oxygen atoms in total. The predicted molar refractivity (Wildman–Crippen MR) is 73.4 cm³/mol. The predicted octanol–water partition coefficient (Wildman–Crippen LogP) is 2.59. The molecule has 0 aliphatic heterocycles. The highest BCUT2D eigenvalue weighted by atomic mass is 16.5. The van der Waals surface area contributed by atoms with E-state index in [0.717, 1.165) is 5.56 Å². The molecule has 19 heavy (non-hydrogen) atoms. The van der Waals surface area contributed by atoms with Crippen molar-refractivity contribution in [1.29, 1.82) is 0 Å². The Morgan fingerprint density at radius 3 is 2.53 bits per heavy atom. The number of benzene rings is 1. The maximum atomic E-state index is 11.6. The molecule has 0 spiro atoms. The quantitative estimate of drug-likeness (QED) is 0.463. The molecule has 1 unspecified atom stereocenters. The van der Waals surface area contributed by atoms with Crippen molar-refractivity contribution in [3.8, 4) is 11.8 Å². The second kappa shape index (κ2) is 8.10. The summed E-state index contributed by atoms with van der Waals surface area (Å²) in [6.45, 7) is 3.43. The fourth-order valence-corrected chi connectivity index (χ4v) is 1.63. The van der Waals surface area contributed by atoms with Crippen molar-refractivity contribution < 1.29 is 14.3 Å². The van der Waals surface area contributed by atoms with Gasteiger partial charge in [-0.15, -0.1) is 0 Å². The Kier molecular flexibility index (Phi) is 6.38. The normalized spacial score (nSPS) is 11.1. The van der Waals surface area contributed by atoms with Gasteiger partial charge in [0.05, 0.1) is 6.61 Å². The van der Waals surface area contributed by atoms with Crippen molar-refractivity contribution in [2.75, 3.05) is 6.61 Å². The highest BCUT2D eigenvalue weighted by molar-refractivity contribution is 5.97. The molecule has 0 saturated heterocycles. The molecular weight excluding hydrogens is 240 g/mol. The van der Waals surface area contributed by atoms with Gasteiger partial charge in [0.15, 0.2) is 0 Å². The van der Waals surface area contributed by atoms with Gasteiger partial charge in [-0.25, -0.2) is 0 Å². The molecule has 0 amide bonds. The number of Topliss-reactive ketones (excluding diaryl/α,β-unsaturated/α-hetero) is 1. The number of ketones is 1. The number of carbonyl (C=O) groups excluding carboxylic acids is 2. The van der Waals surface area contributed by atoms with Crippen LogP contribution in [0.1, 0.15) is 32.3 Å². The van der Waals surface area contributed by atoms with Gasteiger partial charge in [-0.2, -0.15) is 0 Å². The second-order valence-corrected chi connectivity index (χ2v) is 4.12. The van der Waals surface area contributed by atoms with Crippen LogP contribution in [0.15, 0.2) is 30.3 Å². The summed E-state index contributed by atoms with van der Waals surface area (Å²) < 4.78 is 4.87. The summed E-state index contributed by atoms with van der Waals surface area (Å²) >= 11 is 0. The second-order valence-electron chi connectivity index (χ2n) is 4.12. The van der Waals surface area contributed by atoms with E-state index in [1.807, 2.05) is 30.3 Å². The molecule has 1 aromatic carbocycles. The number of carbonyl (C=O) groups is 2. The molecule has 0 aliphatic rings. The molecule has 0 aromatic heterocycles. The van der Waals surface area contributed by atoms with Crippen LogP contribution < -0.4 is 0 Å². The Balaban J connectivity index is 2.52. The minimum Gasteiger partial charge on any atom is -0.465 e. The third kappa shape index (κ3) is 5.39. The number of esters is 1. The monoisotopic (exact) mass is 258 g/mol. The van der Waals surface area contributed by atoms with E-state index in [0.29, 0.717) is 12.8 Å². The molecule has 1 rings (SSSR count). The van der Waals surface area contributed by atoms with Gasteiger partial charge < -0.3 is 4.74 Å². The first kappa shape index (κ1) is 15.0. The van der Waals surface area contributed by atoms with E-state index >= 15 is 0 Å². The lowest BCUT2D eigenvalue weighted by Crippen LogP contribution is -2.24. The highest BCUT2D eigenvalue weighted by Gasteiger charge is 2.23. The van der Waals surface area contributed by atoms with Gasteiger partial charge >= 0.3 is 5.97 Å². The fourth-order valence-electron chi connectivity index (χ4n) is 1.63. The zero-order chi connectivity index (χ0) is 14.1. The van der Waals surface area contributed by atoms with Crippen LogP contribution in [-0.4, -0.2) is 18.4 Å². The molecule has 0 radical (unpaired) electrons. The summed E-state index contributed by atoms with van der Waals surface area (Å²) in [5.41, 5.74) is 0.929. The molecule has 0 saturated carbocycles. The van der Waals surface area contributed by atoms with Crippen molar-refractivity contribution in [2.45, 2.75) is 26.7 Å². The van der Waals surface area contributed by atoms with Crippen LogP contribution in [0.3, 0.4) is 0 Å². The van der Waals surface area contributed by atoms with Gasteiger partial charge in [0, 0.05) is 12.0 Å². The first-order chi connectivity index (χ1) is 9.15. The Labute approximate surface area is 114 Å². The van der Waals surface area contributed by atoms with Gasteiger partial charge in [0.2, 0.25) is 0 Å². The molecular formula is C16H18O3. The zero-order valence-corrected chi connectivity index (χ0v) is 11.3. The Morgan fingerprint density at radius 2 is 1.95 bits per heavy atom. The average molecular weight is 258 g/mol. The van der Waals surface area contributed by atoms with Gasteiger partial charge in [0.25, 0.3) is 0 Å². The molecule has 0 fully saturated rings. The van der Waals surface area contributed by atoms with E-state index in [1.54, 1.807) is 6.92 Å². The number of rotatable bonds is 5. The third-order valence-corrected chi connectivity index (χ3v) is 2.63. The summed E-state index contributed by atoms with van der Waals surface area (Å²) in [4.78, 5) is 22.9. The zero-order valence-electron chi connectivity index (χ0n) is 11.3. The van der Waals surface area contributed by atoms with Crippen LogP contribution in [0.25, 0.3) is 0 Å². The van der Waals surface area contributed by atoms with E-state index in [2.05, 4.69) is 11.8 Å². The van der Waals surface area contributed by atoms with E-state index in [1.165, 1.54) is 6.92 Å². The van der Waals surface area contributed by atoms with Gasteiger partial charge in [0.1, 0.15) is 11.7 Å². The Morgan fingerprint density at radius 1 is 1.26 bits per heavy atom. The van der Waals surface area contributed by atoms with Crippen molar-refractivity contribution in [2.24, 2.45) is 5.92 Å². The van der Waals surface area contributed by atoms with Crippen LogP contribution in [0.2, 0.25) is 0 Å². The Bertz CT molecular complexity index is 480. The van der Waals surface area contributed by atoms with E-state index < -0.39 is 11.9 Å². The molecule has 0 N–H and O–H groups in total. The van der Waals surface area contributed by atoms with Crippen LogP contribution in [0, 0.1) is 17.8 Å². The van der Waals surface area contributed by atoms with Crippen LogP contribution >= 0.6 is 0 Å². The average Bonchev–Trinajstić information content (AvgIpc) is 2.39. The molecule has 0 aliphatic carbocycles. The molecule has 1 aromatic rings. The summed E-state index contributed by atoms with van der Waals surface area (Å²) in [5, 5.41) is 0. The first-order valence-electron chi connectivity index (χ1n) is 6.36. The Hall–Kier alpha value is -2.08. The van der Waals surface area contributed by atoms with Crippen LogP contribution in [0.5, 0.6) is 0 Å². The van der Waals surface area contributed by atoms with Gasteiger partial charge in [-0.3, -0.25) is 9.59 Å². The lowest BCUT2D eigenvalue weighted by atomic mass is 9.99. The highest BCUT2D eigenvalue weighted by Crippen LogP contribution is 2.10. The number of ether oxygens (including phenoxy) is 1. The van der Waals surface area contributed by atoms with Crippen molar-refractivity contribution in [3.63, 3.8) is 0 Å². The smallest absolute Gasteiger partial charge is 0.316 e. The number of hydrogen-bond donors (Lipinski definition) is 0. The van der Waals surface area contributed by atoms with Crippen molar-refractivity contribution >= 4 is 11.8 Å². The summed E-state index contributed by atoms with van der Waals surface area (Å²) in [5.74, 6) is 4.67. The fraction of sp³-hybridized carbons (Fsp3) is 0.375. The summed E-state index contributed by atoms with van der Waals surface area (Å²) in [6.07, 6.45) is 0.909. The minimum atomic E-state index is -0.690. The topological polar surface area (TPSA) is 43.4 Å². The van der Waals surface area contributed by atoms with Gasteiger partial charge in [-0.05, 0) is 32.4 Å². The summed E-state index contributed by atoms with van der Waals surface area (Å²) in [7, 11) is 0. The molecule has 0 bridgehead atoms. The van der Waals surface area contributed by atoms with Crippen molar-refractivity contribution in [3.05, 3.63) is 35.9 Å². The van der Waals surface area contributed by atoms with E-state index in [9.17, 15) is 9.59 Å². The SMILES string of the molecule is CCOC(=O)C(CCC#Cc1ccccc1)C(C)=O. The largest absolute Gasteiger partial charge is 0.465 e. The lowest BCUT2D eigenvalue weighted by Gasteiger charge is -2.10. The van der Waals surface area contributed by atoms with Gasteiger partial charge in [-0.1, -0.05) is 30.0 Å². The first-order valence-corrected chi connectivity index (χ1v) is 6.36. The molecule has 0 heterocycles. The molecule has 100 valence electrons. The molecule has 1 atom stereocenters. The maximum Gasteiger partial charge on any atom is 0.316 e. The lowest BCUT2D eigenvalue weighted by molar-refractivity contribution is -0.151. The van der Waals surface area contributed by atoms with Crippen LogP contribution in [0.4, 0.5) is 0 Å². The van der Waals surface area contributed by atoms with Crippen LogP contribution in [-0.2, 0) is 14.3 Å². The minimum absolute atomic E-state index is 0.167. The van der Waals surface area contributed by atoms with Crippen molar-refractivity contribution in [1.82, 2.24) is 0 Å². The van der Waals surface area contributed by atoms with E-state index in [-0.39, 0.29) is 12.4 Å². The molecule has 3 heteroatoms. The standard InChI is InChI=1S/C16H18O3/c1-3-19-16(18)15(13(2)17)12-8-7-11-14-9-5-4-6-10-14/h4-6,9-10,15H,3,8,12H2,1-2H3. The van der Waals surface area contributed by atoms with E-state index in [4.69, 9.17) is 4.74 Å². The summed E-state index contributed by atoms with van der Waals surface area (Å²) in [6, 6.07) is 9.60. The number of hydrogen-bond acceptors (Lipinski definition) is 3. The third-order valence-electron chi connectivity index (χ3n) is 2.63.